The first-order valence-corrected chi connectivity index (χ1v) is 7.93. The summed E-state index contributed by atoms with van der Waals surface area (Å²) in [6.45, 7) is 6.64. The van der Waals surface area contributed by atoms with Crippen molar-refractivity contribution in [2.45, 2.75) is 39.3 Å². The molecule has 0 saturated carbocycles. The molecule has 1 unspecified atom stereocenters. The van der Waals surface area contributed by atoms with Gasteiger partial charge in [-0.05, 0) is 12.3 Å². The van der Waals surface area contributed by atoms with E-state index in [0.717, 1.165) is 22.3 Å². The lowest BCUT2D eigenvalue weighted by Crippen LogP contribution is -2.24. The fraction of sp³-hybridized carbons (Fsp3) is 0.667. The Morgan fingerprint density at radius 2 is 2.35 bits per heavy atom. The SMILES string of the molecule is CCC(NC1=N[C@@H](C(C)C)CS1)c1nccs1. The van der Waals surface area contributed by atoms with Gasteiger partial charge in [0.15, 0.2) is 5.17 Å². The molecule has 5 heteroatoms. The van der Waals surface area contributed by atoms with Gasteiger partial charge >= 0.3 is 0 Å². The second-order valence-electron chi connectivity index (χ2n) is 4.53. The second-order valence-corrected chi connectivity index (χ2v) is 6.47. The number of amidine groups is 1. The van der Waals surface area contributed by atoms with Gasteiger partial charge in [-0.3, -0.25) is 4.99 Å². The molecule has 0 aliphatic carbocycles. The van der Waals surface area contributed by atoms with Crippen LogP contribution in [0.3, 0.4) is 0 Å². The molecule has 0 amide bonds. The topological polar surface area (TPSA) is 37.3 Å². The Morgan fingerprint density at radius 3 is 2.88 bits per heavy atom. The average molecular weight is 269 g/mol. The fourth-order valence-corrected chi connectivity index (χ4v) is 3.70. The monoisotopic (exact) mass is 269 g/mol. The molecule has 3 nitrogen and oxygen atoms in total. The Labute approximate surface area is 111 Å². The predicted molar refractivity (Wildman–Crippen MR) is 76.8 cm³/mol. The molecule has 1 aromatic heterocycles. The number of hydrogen-bond donors (Lipinski definition) is 1. The van der Waals surface area contributed by atoms with Crippen LogP contribution in [-0.4, -0.2) is 21.9 Å². The summed E-state index contributed by atoms with van der Waals surface area (Å²) in [6.07, 6.45) is 2.91. The van der Waals surface area contributed by atoms with Crippen LogP contribution < -0.4 is 5.32 Å². The van der Waals surface area contributed by atoms with Crippen LogP contribution in [0.1, 0.15) is 38.2 Å². The third-order valence-electron chi connectivity index (χ3n) is 2.90. The Morgan fingerprint density at radius 1 is 1.53 bits per heavy atom. The summed E-state index contributed by atoms with van der Waals surface area (Å²) >= 11 is 3.54. The van der Waals surface area contributed by atoms with Gasteiger partial charge < -0.3 is 5.32 Å². The van der Waals surface area contributed by atoms with Gasteiger partial charge in [0.1, 0.15) is 5.01 Å². The molecule has 1 N–H and O–H groups in total. The number of nitrogens with zero attached hydrogens (tertiary/aromatic N) is 2. The third kappa shape index (κ3) is 3.22. The highest BCUT2D eigenvalue weighted by Crippen LogP contribution is 2.25. The van der Waals surface area contributed by atoms with E-state index in [2.05, 4.69) is 31.1 Å². The summed E-state index contributed by atoms with van der Waals surface area (Å²) in [5.41, 5.74) is 0. The van der Waals surface area contributed by atoms with E-state index in [9.17, 15) is 0 Å². The van der Waals surface area contributed by atoms with E-state index in [-0.39, 0.29) is 0 Å². The van der Waals surface area contributed by atoms with Crippen molar-refractivity contribution in [1.29, 1.82) is 0 Å². The molecule has 0 saturated heterocycles. The summed E-state index contributed by atoms with van der Waals surface area (Å²) in [7, 11) is 0. The number of nitrogens with one attached hydrogen (secondary N) is 1. The van der Waals surface area contributed by atoms with Gasteiger partial charge in [0, 0.05) is 17.3 Å². The van der Waals surface area contributed by atoms with Crippen molar-refractivity contribution in [2.75, 3.05) is 5.75 Å². The van der Waals surface area contributed by atoms with Crippen molar-refractivity contribution in [2.24, 2.45) is 10.9 Å². The zero-order valence-electron chi connectivity index (χ0n) is 10.5. The van der Waals surface area contributed by atoms with E-state index >= 15 is 0 Å². The summed E-state index contributed by atoms with van der Waals surface area (Å²) in [4.78, 5) is 9.11. The van der Waals surface area contributed by atoms with E-state index < -0.39 is 0 Å². The van der Waals surface area contributed by atoms with Crippen LogP contribution >= 0.6 is 23.1 Å². The highest BCUT2D eigenvalue weighted by atomic mass is 32.2. The van der Waals surface area contributed by atoms with E-state index in [1.165, 1.54) is 0 Å². The van der Waals surface area contributed by atoms with Crippen molar-refractivity contribution < 1.29 is 0 Å². The second kappa shape index (κ2) is 5.87. The molecule has 1 aliphatic heterocycles. The number of aromatic nitrogens is 1. The molecular weight excluding hydrogens is 250 g/mol. The number of hydrogen-bond acceptors (Lipinski definition) is 5. The van der Waals surface area contributed by atoms with Gasteiger partial charge in [0.2, 0.25) is 0 Å². The van der Waals surface area contributed by atoms with Crippen LogP contribution in [0.4, 0.5) is 0 Å². The summed E-state index contributed by atoms with van der Waals surface area (Å²) < 4.78 is 0. The first-order chi connectivity index (χ1) is 8.20. The summed E-state index contributed by atoms with van der Waals surface area (Å²) in [6, 6.07) is 0.781. The van der Waals surface area contributed by atoms with Gasteiger partial charge in [0.05, 0.1) is 12.1 Å². The van der Waals surface area contributed by atoms with Crippen LogP contribution in [0.5, 0.6) is 0 Å². The van der Waals surface area contributed by atoms with Crippen LogP contribution in [0.25, 0.3) is 0 Å². The summed E-state index contributed by atoms with van der Waals surface area (Å²) in [5, 5.41) is 7.79. The minimum atomic E-state index is 0.312. The molecular formula is C12H19N3S2. The molecule has 2 heterocycles. The Balaban J connectivity index is 1.98. The van der Waals surface area contributed by atoms with Gasteiger partial charge in [-0.25, -0.2) is 4.98 Å². The maximum Gasteiger partial charge on any atom is 0.157 e. The van der Waals surface area contributed by atoms with E-state index in [1.54, 1.807) is 11.3 Å². The molecule has 0 fully saturated rings. The van der Waals surface area contributed by atoms with Gasteiger partial charge in [-0.15, -0.1) is 11.3 Å². The summed E-state index contributed by atoms with van der Waals surface area (Å²) in [5.74, 6) is 1.73. The van der Waals surface area contributed by atoms with Crippen molar-refractivity contribution in [3.63, 3.8) is 0 Å². The minimum absolute atomic E-state index is 0.312. The molecule has 94 valence electrons. The Hall–Kier alpha value is -0.550. The number of thioether (sulfide) groups is 1. The minimum Gasteiger partial charge on any atom is -0.356 e. The number of rotatable bonds is 4. The van der Waals surface area contributed by atoms with Gasteiger partial charge in [-0.2, -0.15) is 0 Å². The maximum atomic E-state index is 4.73. The fourth-order valence-electron chi connectivity index (χ4n) is 1.70. The molecule has 1 aromatic rings. The molecule has 0 radical (unpaired) electrons. The molecule has 0 spiro atoms. The number of aliphatic imine (C=N–C) groups is 1. The average Bonchev–Trinajstić information content (AvgIpc) is 2.96. The molecule has 2 atom stereocenters. The van der Waals surface area contributed by atoms with E-state index in [4.69, 9.17) is 4.99 Å². The maximum absolute atomic E-state index is 4.73. The van der Waals surface area contributed by atoms with Crippen molar-refractivity contribution in [3.05, 3.63) is 16.6 Å². The standard InChI is InChI=1S/C12H19N3S2/c1-4-9(11-13-5-6-16-11)14-12-15-10(7-17-12)8(2)3/h5-6,8-10H,4,7H2,1-3H3,(H,14,15)/t9?,10-/m1/s1. The smallest absolute Gasteiger partial charge is 0.157 e. The van der Waals surface area contributed by atoms with Crippen LogP contribution in [0.2, 0.25) is 0 Å². The van der Waals surface area contributed by atoms with E-state index in [0.29, 0.717) is 18.0 Å². The van der Waals surface area contributed by atoms with Crippen molar-refractivity contribution in [1.82, 2.24) is 10.3 Å². The molecule has 0 aromatic carbocycles. The lowest BCUT2D eigenvalue weighted by Gasteiger charge is -2.14. The normalized spacial score (nSPS) is 21.6. The Bertz CT molecular complexity index is 373. The predicted octanol–water partition coefficient (Wildman–Crippen LogP) is 3.31. The molecule has 0 bridgehead atoms. The first-order valence-electron chi connectivity index (χ1n) is 6.07. The molecule has 2 rings (SSSR count). The molecule has 1 aliphatic rings. The zero-order chi connectivity index (χ0) is 12.3. The van der Waals surface area contributed by atoms with Crippen molar-refractivity contribution >= 4 is 28.3 Å². The highest BCUT2D eigenvalue weighted by Gasteiger charge is 2.23. The third-order valence-corrected chi connectivity index (χ3v) is 4.79. The number of thiazole rings is 1. The van der Waals surface area contributed by atoms with E-state index in [1.807, 2.05) is 23.3 Å². The first kappa shape index (κ1) is 12.9. The van der Waals surface area contributed by atoms with Crippen LogP contribution in [0.15, 0.2) is 16.6 Å². The largest absolute Gasteiger partial charge is 0.356 e. The Kier molecular flexibility index (Phi) is 4.45. The quantitative estimate of drug-likeness (QED) is 0.911. The van der Waals surface area contributed by atoms with Crippen LogP contribution in [-0.2, 0) is 0 Å². The van der Waals surface area contributed by atoms with Gasteiger partial charge in [0.25, 0.3) is 0 Å². The van der Waals surface area contributed by atoms with Crippen molar-refractivity contribution in [3.8, 4) is 0 Å². The highest BCUT2D eigenvalue weighted by molar-refractivity contribution is 8.14. The lowest BCUT2D eigenvalue weighted by atomic mass is 10.1. The lowest BCUT2D eigenvalue weighted by molar-refractivity contribution is 0.539. The van der Waals surface area contributed by atoms with Crippen LogP contribution in [0, 0.1) is 5.92 Å². The zero-order valence-corrected chi connectivity index (χ0v) is 12.1. The molecule has 17 heavy (non-hydrogen) atoms. The van der Waals surface area contributed by atoms with Gasteiger partial charge in [-0.1, -0.05) is 32.5 Å².